The van der Waals surface area contributed by atoms with E-state index in [-0.39, 0.29) is 11.9 Å². The fraction of sp³-hybridized carbons (Fsp3) is 0.214. The first-order valence-corrected chi connectivity index (χ1v) is 7.10. The van der Waals surface area contributed by atoms with Crippen molar-refractivity contribution in [1.29, 1.82) is 0 Å². The summed E-state index contributed by atoms with van der Waals surface area (Å²) in [5.74, 6) is -0.227. The largest absolute Gasteiger partial charge is 0.377 e. The molecule has 0 amide bonds. The van der Waals surface area contributed by atoms with Crippen LogP contribution in [-0.2, 0) is 0 Å². The molecule has 1 N–H and O–H groups in total. The molecule has 1 heterocycles. The van der Waals surface area contributed by atoms with Crippen LogP contribution in [0.25, 0.3) is 0 Å². The molecule has 1 atom stereocenters. The maximum atomic E-state index is 12.9. The van der Waals surface area contributed by atoms with Crippen molar-refractivity contribution in [1.82, 2.24) is 4.98 Å². The van der Waals surface area contributed by atoms with E-state index < -0.39 is 0 Å². The maximum absolute atomic E-state index is 12.9. The van der Waals surface area contributed by atoms with Crippen LogP contribution < -0.4 is 5.32 Å². The summed E-state index contributed by atoms with van der Waals surface area (Å²) in [7, 11) is 0. The highest BCUT2D eigenvalue weighted by molar-refractivity contribution is 9.10. The van der Waals surface area contributed by atoms with E-state index in [1.807, 2.05) is 6.07 Å². The Balaban J connectivity index is 2.18. The summed E-state index contributed by atoms with van der Waals surface area (Å²) in [4.78, 5) is 4.07. The molecule has 0 radical (unpaired) electrons. The van der Waals surface area contributed by atoms with E-state index in [1.165, 1.54) is 12.1 Å². The Morgan fingerprint density at radius 2 is 2.05 bits per heavy atom. The van der Waals surface area contributed by atoms with Crippen molar-refractivity contribution in [3.05, 3.63) is 57.5 Å². The Hall–Kier alpha value is -1.13. The molecule has 2 nitrogen and oxygen atoms in total. The number of rotatable bonds is 4. The van der Waals surface area contributed by atoms with Gasteiger partial charge in [0.15, 0.2) is 0 Å². The fourth-order valence-corrected chi connectivity index (χ4v) is 2.27. The predicted molar refractivity (Wildman–Crippen MR) is 80.0 cm³/mol. The van der Waals surface area contributed by atoms with E-state index in [0.717, 1.165) is 22.1 Å². The molecule has 0 saturated heterocycles. The standard InChI is InChI=1S/C14H13BrClFN2/c1-2-13(9-3-5-10(17)6-4-9)19-11-7-12(15)14(16)18-8-11/h3-8,13,19H,2H2,1H3. The molecule has 1 aromatic carbocycles. The zero-order chi connectivity index (χ0) is 13.8. The summed E-state index contributed by atoms with van der Waals surface area (Å²) in [6, 6.07) is 8.49. The Bertz CT molecular complexity index is 560. The van der Waals surface area contributed by atoms with Crippen molar-refractivity contribution < 1.29 is 4.39 Å². The monoisotopic (exact) mass is 342 g/mol. The second-order valence-electron chi connectivity index (χ2n) is 4.15. The van der Waals surface area contributed by atoms with Crippen LogP contribution >= 0.6 is 27.5 Å². The minimum absolute atomic E-state index is 0.107. The van der Waals surface area contributed by atoms with Crippen molar-refractivity contribution in [3.8, 4) is 0 Å². The van der Waals surface area contributed by atoms with E-state index in [0.29, 0.717) is 5.15 Å². The number of anilines is 1. The van der Waals surface area contributed by atoms with E-state index in [1.54, 1.807) is 18.3 Å². The molecule has 2 rings (SSSR count). The van der Waals surface area contributed by atoms with Gasteiger partial charge in [0.1, 0.15) is 11.0 Å². The third kappa shape index (κ3) is 3.67. The third-order valence-electron chi connectivity index (χ3n) is 2.82. The Labute approximate surface area is 125 Å². The lowest BCUT2D eigenvalue weighted by Gasteiger charge is -2.18. The molecule has 0 aliphatic carbocycles. The zero-order valence-corrected chi connectivity index (χ0v) is 12.7. The first-order chi connectivity index (χ1) is 9.10. The van der Waals surface area contributed by atoms with Gasteiger partial charge in [-0.2, -0.15) is 0 Å². The molecular weight excluding hydrogens is 331 g/mol. The number of aromatic nitrogens is 1. The molecular formula is C14H13BrClFN2. The van der Waals surface area contributed by atoms with Crippen molar-refractivity contribution in [3.63, 3.8) is 0 Å². The molecule has 19 heavy (non-hydrogen) atoms. The molecule has 0 bridgehead atoms. The Morgan fingerprint density at radius 1 is 1.37 bits per heavy atom. The van der Waals surface area contributed by atoms with Crippen LogP contribution in [0.4, 0.5) is 10.1 Å². The molecule has 0 aliphatic heterocycles. The molecule has 1 unspecified atom stereocenters. The van der Waals surface area contributed by atoms with Crippen LogP contribution in [0.1, 0.15) is 24.9 Å². The minimum Gasteiger partial charge on any atom is -0.377 e. The van der Waals surface area contributed by atoms with Gasteiger partial charge in [0, 0.05) is 0 Å². The summed E-state index contributed by atoms with van der Waals surface area (Å²) in [6.07, 6.45) is 2.56. The number of halogens is 3. The summed E-state index contributed by atoms with van der Waals surface area (Å²) in [5.41, 5.74) is 1.91. The normalized spacial score (nSPS) is 12.2. The predicted octanol–water partition coefficient (Wildman–Crippen LogP) is 5.20. The number of hydrogen-bond donors (Lipinski definition) is 1. The zero-order valence-electron chi connectivity index (χ0n) is 10.3. The van der Waals surface area contributed by atoms with Crippen LogP contribution in [0.5, 0.6) is 0 Å². The van der Waals surface area contributed by atoms with Crippen molar-refractivity contribution >= 4 is 33.2 Å². The highest BCUT2D eigenvalue weighted by atomic mass is 79.9. The van der Waals surface area contributed by atoms with Crippen LogP contribution in [0, 0.1) is 5.82 Å². The Morgan fingerprint density at radius 3 is 2.63 bits per heavy atom. The lowest BCUT2D eigenvalue weighted by Crippen LogP contribution is -2.09. The maximum Gasteiger partial charge on any atom is 0.143 e. The van der Waals surface area contributed by atoms with Gasteiger partial charge in [-0.3, -0.25) is 0 Å². The van der Waals surface area contributed by atoms with Crippen LogP contribution in [0.2, 0.25) is 5.15 Å². The van der Waals surface area contributed by atoms with Gasteiger partial charge in [0.25, 0.3) is 0 Å². The van der Waals surface area contributed by atoms with Crippen LogP contribution in [0.15, 0.2) is 41.0 Å². The molecule has 1 aromatic heterocycles. The molecule has 0 aliphatic rings. The first-order valence-electron chi connectivity index (χ1n) is 5.93. The third-order valence-corrected chi connectivity index (χ3v) is 3.95. The summed E-state index contributed by atoms with van der Waals surface area (Å²) in [6.45, 7) is 2.07. The van der Waals surface area contributed by atoms with Gasteiger partial charge in [0.2, 0.25) is 0 Å². The van der Waals surface area contributed by atoms with Gasteiger partial charge in [-0.05, 0) is 46.1 Å². The van der Waals surface area contributed by atoms with Crippen molar-refractivity contribution in [2.45, 2.75) is 19.4 Å². The van der Waals surface area contributed by atoms with Gasteiger partial charge >= 0.3 is 0 Å². The summed E-state index contributed by atoms with van der Waals surface area (Å²) in [5, 5.41) is 3.79. The van der Waals surface area contributed by atoms with E-state index >= 15 is 0 Å². The minimum atomic E-state index is -0.227. The first kappa shape index (κ1) is 14.3. The lowest BCUT2D eigenvalue weighted by molar-refractivity contribution is 0.625. The Kier molecular flexibility index (Phi) is 4.77. The molecule has 0 saturated carbocycles. The van der Waals surface area contributed by atoms with Gasteiger partial charge in [0.05, 0.1) is 22.4 Å². The molecule has 5 heteroatoms. The van der Waals surface area contributed by atoms with E-state index in [2.05, 4.69) is 33.2 Å². The second-order valence-corrected chi connectivity index (χ2v) is 5.37. The summed E-state index contributed by atoms with van der Waals surface area (Å²) < 4.78 is 13.7. The SMILES string of the molecule is CCC(Nc1cnc(Cl)c(Br)c1)c1ccc(F)cc1. The number of nitrogens with one attached hydrogen (secondary N) is 1. The number of benzene rings is 1. The lowest BCUT2D eigenvalue weighted by atomic mass is 10.0. The van der Waals surface area contributed by atoms with Crippen LogP contribution in [0.3, 0.4) is 0 Å². The van der Waals surface area contributed by atoms with Gasteiger partial charge in [-0.25, -0.2) is 9.37 Å². The molecule has 0 fully saturated rings. The average Bonchev–Trinajstić information content (AvgIpc) is 2.41. The van der Waals surface area contributed by atoms with Crippen molar-refractivity contribution in [2.24, 2.45) is 0 Å². The fourth-order valence-electron chi connectivity index (χ4n) is 1.82. The number of nitrogens with zero attached hydrogens (tertiary/aromatic N) is 1. The molecule has 2 aromatic rings. The number of hydrogen-bond acceptors (Lipinski definition) is 2. The molecule has 100 valence electrons. The number of pyridine rings is 1. The highest BCUT2D eigenvalue weighted by Gasteiger charge is 2.10. The topological polar surface area (TPSA) is 24.9 Å². The van der Waals surface area contributed by atoms with Crippen molar-refractivity contribution in [2.75, 3.05) is 5.32 Å². The second kappa shape index (κ2) is 6.35. The quantitative estimate of drug-likeness (QED) is 0.772. The van der Waals surface area contributed by atoms with Gasteiger partial charge in [-0.1, -0.05) is 30.7 Å². The highest BCUT2D eigenvalue weighted by Crippen LogP contribution is 2.27. The van der Waals surface area contributed by atoms with Crippen LogP contribution in [-0.4, -0.2) is 4.98 Å². The molecule has 0 spiro atoms. The smallest absolute Gasteiger partial charge is 0.143 e. The average molecular weight is 344 g/mol. The van der Waals surface area contributed by atoms with E-state index in [4.69, 9.17) is 11.6 Å². The van der Waals surface area contributed by atoms with Gasteiger partial charge in [-0.15, -0.1) is 0 Å². The van der Waals surface area contributed by atoms with E-state index in [9.17, 15) is 4.39 Å². The summed E-state index contributed by atoms with van der Waals surface area (Å²) >= 11 is 9.20. The van der Waals surface area contributed by atoms with Gasteiger partial charge < -0.3 is 5.32 Å².